The number of hydrogen-bond acceptors (Lipinski definition) is 3. The second-order valence-electron chi connectivity index (χ2n) is 5.20. The number of aryl methyl sites for hydroxylation is 2. The first-order valence-electron chi connectivity index (χ1n) is 7.12. The second kappa shape index (κ2) is 6.93. The van der Waals surface area contributed by atoms with Gasteiger partial charge in [-0.25, -0.2) is 0 Å². The van der Waals surface area contributed by atoms with Crippen LogP contribution in [0.1, 0.15) is 46.3 Å². The molecule has 0 aliphatic rings. The molecule has 0 bridgehead atoms. The number of carbonyl (C=O) groups excluding carboxylic acids is 1. The van der Waals surface area contributed by atoms with Crippen molar-refractivity contribution >= 4 is 11.9 Å². The number of carboxylic acid groups (broad SMARTS) is 1. The molecule has 1 heterocycles. The van der Waals surface area contributed by atoms with Gasteiger partial charge in [0.15, 0.2) is 0 Å². The van der Waals surface area contributed by atoms with Crippen LogP contribution >= 0.6 is 0 Å². The highest BCUT2D eigenvalue weighted by Crippen LogP contribution is 2.21. The molecule has 0 spiro atoms. The van der Waals surface area contributed by atoms with Gasteiger partial charge in [-0.2, -0.15) is 0 Å². The lowest BCUT2D eigenvalue weighted by Crippen LogP contribution is -2.29. The van der Waals surface area contributed by atoms with Gasteiger partial charge in [-0.15, -0.1) is 0 Å². The van der Waals surface area contributed by atoms with Crippen molar-refractivity contribution < 1.29 is 19.1 Å². The molecule has 2 rings (SSSR count). The van der Waals surface area contributed by atoms with E-state index in [1.54, 1.807) is 19.9 Å². The number of furan rings is 1. The molecule has 0 saturated carbocycles. The summed E-state index contributed by atoms with van der Waals surface area (Å²) in [4.78, 5) is 23.2. The van der Waals surface area contributed by atoms with Gasteiger partial charge >= 0.3 is 5.97 Å². The molecule has 0 saturated heterocycles. The number of nitrogens with one attached hydrogen (secondary N) is 1. The summed E-state index contributed by atoms with van der Waals surface area (Å²) in [6.07, 6.45) is 0.324. The predicted octanol–water partition coefficient (Wildman–Crippen LogP) is 3.23. The van der Waals surface area contributed by atoms with Gasteiger partial charge in [-0.1, -0.05) is 30.3 Å². The number of rotatable bonds is 6. The number of hydrogen-bond donors (Lipinski definition) is 2. The van der Waals surface area contributed by atoms with Crippen LogP contribution in [0.5, 0.6) is 0 Å². The first-order chi connectivity index (χ1) is 10.5. The molecule has 116 valence electrons. The topological polar surface area (TPSA) is 79.5 Å². The lowest BCUT2D eigenvalue weighted by molar-refractivity contribution is -0.137. The van der Waals surface area contributed by atoms with Gasteiger partial charge in [0, 0.05) is 6.42 Å². The van der Waals surface area contributed by atoms with Crippen LogP contribution in [0.15, 0.2) is 40.8 Å². The molecular weight excluding hydrogens is 282 g/mol. The molecule has 1 unspecified atom stereocenters. The molecule has 0 fully saturated rings. The Balaban J connectivity index is 2.17. The van der Waals surface area contributed by atoms with E-state index < -0.39 is 5.97 Å². The average Bonchev–Trinajstić information content (AvgIpc) is 2.83. The Hall–Kier alpha value is -2.56. The fraction of sp³-hybridized carbons (Fsp3) is 0.294. The average molecular weight is 301 g/mol. The van der Waals surface area contributed by atoms with Crippen molar-refractivity contribution in [1.82, 2.24) is 5.32 Å². The second-order valence-corrected chi connectivity index (χ2v) is 5.20. The summed E-state index contributed by atoms with van der Waals surface area (Å²) >= 11 is 0. The fourth-order valence-electron chi connectivity index (χ4n) is 2.37. The van der Waals surface area contributed by atoms with Crippen LogP contribution in [-0.2, 0) is 4.79 Å². The van der Waals surface area contributed by atoms with Crippen molar-refractivity contribution in [2.24, 2.45) is 0 Å². The normalized spacial score (nSPS) is 11.9. The van der Waals surface area contributed by atoms with Crippen LogP contribution in [0, 0.1) is 13.8 Å². The highest BCUT2D eigenvalue weighted by molar-refractivity contribution is 5.95. The Morgan fingerprint density at radius 3 is 2.45 bits per heavy atom. The molecule has 1 aromatic carbocycles. The van der Waals surface area contributed by atoms with Gasteiger partial charge in [-0.3, -0.25) is 9.59 Å². The molecule has 5 nitrogen and oxygen atoms in total. The zero-order valence-corrected chi connectivity index (χ0v) is 12.6. The van der Waals surface area contributed by atoms with Crippen molar-refractivity contribution in [2.75, 3.05) is 0 Å². The minimum Gasteiger partial charge on any atom is -0.481 e. The molecule has 1 amide bonds. The number of benzene rings is 1. The van der Waals surface area contributed by atoms with E-state index in [4.69, 9.17) is 9.52 Å². The molecular formula is C17H19NO4. The minimum absolute atomic E-state index is 0.0107. The lowest BCUT2D eigenvalue weighted by Gasteiger charge is -2.18. The number of carboxylic acids is 1. The quantitative estimate of drug-likeness (QED) is 0.858. The number of amides is 1. The largest absolute Gasteiger partial charge is 0.481 e. The highest BCUT2D eigenvalue weighted by atomic mass is 16.4. The van der Waals surface area contributed by atoms with E-state index in [-0.39, 0.29) is 18.4 Å². The molecule has 0 radical (unpaired) electrons. The Bertz CT molecular complexity index is 661. The monoisotopic (exact) mass is 301 g/mol. The van der Waals surface area contributed by atoms with Gasteiger partial charge in [0.1, 0.15) is 11.5 Å². The van der Waals surface area contributed by atoms with E-state index in [0.29, 0.717) is 23.5 Å². The summed E-state index contributed by atoms with van der Waals surface area (Å²) in [5.41, 5.74) is 1.36. The smallest absolute Gasteiger partial charge is 0.303 e. The number of carbonyl (C=O) groups is 2. The van der Waals surface area contributed by atoms with Gasteiger partial charge < -0.3 is 14.8 Å². The summed E-state index contributed by atoms with van der Waals surface area (Å²) in [7, 11) is 0. The van der Waals surface area contributed by atoms with E-state index in [1.165, 1.54) is 0 Å². The molecule has 2 aromatic rings. The summed E-state index contributed by atoms with van der Waals surface area (Å²) < 4.78 is 5.37. The van der Waals surface area contributed by atoms with Gasteiger partial charge in [-0.05, 0) is 31.9 Å². The third-order valence-corrected chi connectivity index (χ3v) is 3.44. The van der Waals surface area contributed by atoms with E-state index in [0.717, 1.165) is 5.56 Å². The van der Waals surface area contributed by atoms with Gasteiger partial charge in [0.25, 0.3) is 5.91 Å². The van der Waals surface area contributed by atoms with Gasteiger partial charge in [0.2, 0.25) is 0 Å². The first-order valence-corrected chi connectivity index (χ1v) is 7.12. The maximum atomic E-state index is 12.4. The first kappa shape index (κ1) is 15.8. The Morgan fingerprint density at radius 2 is 1.91 bits per heavy atom. The summed E-state index contributed by atoms with van der Waals surface area (Å²) in [5.74, 6) is 0.0867. The van der Waals surface area contributed by atoms with E-state index >= 15 is 0 Å². The van der Waals surface area contributed by atoms with Gasteiger partial charge in [0.05, 0.1) is 11.6 Å². The van der Waals surface area contributed by atoms with E-state index in [2.05, 4.69) is 5.32 Å². The van der Waals surface area contributed by atoms with Crippen LogP contribution in [0.2, 0.25) is 0 Å². The third-order valence-electron chi connectivity index (χ3n) is 3.44. The maximum Gasteiger partial charge on any atom is 0.303 e. The zero-order chi connectivity index (χ0) is 16.1. The minimum atomic E-state index is -0.884. The Kier molecular flexibility index (Phi) is 4.99. The third kappa shape index (κ3) is 3.97. The van der Waals surface area contributed by atoms with Crippen LogP contribution < -0.4 is 5.32 Å². The fourth-order valence-corrected chi connectivity index (χ4v) is 2.37. The molecule has 0 aliphatic heterocycles. The SMILES string of the molecule is Cc1cc(C(=O)NC(CCC(=O)O)c2ccccc2)c(C)o1. The predicted molar refractivity (Wildman–Crippen MR) is 81.7 cm³/mol. The summed E-state index contributed by atoms with van der Waals surface area (Å²) in [5, 5.41) is 11.8. The van der Waals surface area contributed by atoms with E-state index in [1.807, 2.05) is 30.3 Å². The van der Waals surface area contributed by atoms with Crippen molar-refractivity contribution in [2.45, 2.75) is 32.7 Å². The molecule has 22 heavy (non-hydrogen) atoms. The summed E-state index contributed by atoms with van der Waals surface area (Å²) in [6.45, 7) is 3.51. The highest BCUT2D eigenvalue weighted by Gasteiger charge is 2.19. The van der Waals surface area contributed by atoms with E-state index in [9.17, 15) is 9.59 Å². The molecule has 2 N–H and O–H groups in total. The molecule has 0 aliphatic carbocycles. The lowest BCUT2D eigenvalue weighted by atomic mass is 10.0. The molecule has 1 aromatic heterocycles. The van der Waals surface area contributed by atoms with Crippen LogP contribution in [0.4, 0.5) is 0 Å². The van der Waals surface area contributed by atoms with Crippen molar-refractivity contribution in [3.05, 3.63) is 59.0 Å². The zero-order valence-electron chi connectivity index (χ0n) is 12.6. The van der Waals surface area contributed by atoms with Crippen LogP contribution in [0.3, 0.4) is 0 Å². The number of aliphatic carboxylic acids is 1. The Morgan fingerprint density at radius 1 is 1.23 bits per heavy atom. The van der Waals surface area contributed by atoms with Crippen molar-refractivity contribution in [1.29, 1.82) is 0 Å². The molecule has 5 heteroatoms. The Labute approximate surface area is 129 Å². The standard InChI is InChI=1S/C17H19NO4/c1-11-10-14(12(2)22-11)17(21)18-15(8-9-16(19)20)13-6-4-3-5-7-13/h3-7,10,15H,8-9H2,1-2H3,(H,18,21)(H,19,20). The van der Waals surface area contributed by atoms with Crippen molar-refractivity contribution in [3.8, 4) is 0 Å². The molecule has 1 atom stereocenters. The van der Waals surface area contributed by atoms with Crippen LogP contribution in [0.25, 0.3) is 0 Å². The van der Waals surface area contributed by atoms with Crippen LogP contribution in [-0.4, -0.2) is 17.0 Å². The summed E-state index contributed by atoms with van der Waals surface area (Å²) in [6, 6.07) is 10.7. The maximum absolute atomic E-state index is 12.4. The van der Waals surface area contributed by atoms with Crippen molar-refractivity contribution in [3.63, 3.8) is 0 Å².